The normalized spacial score (nSPS) is 12.3. The van der Waals surface area contributed by atoms with E-state index in [2.05, 4.69) is 4.74 Å². The van der Waals surface area contributed by atoms with Gasteiger partial charge in [-0.05, 0) is 32.0 Å². The first kappa shape index (κ1) is 19.6. The Morgan fingerprint density at radius 3 is 2.22 bits per heavy atom. The predicted octanol–water partition coefficient (Wildman–Crippen LogP) is 4.02. The Morgan fingerprint density at radius 2 is 1.74 bits per heavy atom. The smallest absolute Gasteiger partial charge is 0.420 e. The highest BCUT2D eigenvalue weighted by Gasteiger charge is 2.36. The summed E-state index contributed by atoms with van der Waals surface area (Å²) in [4.78, 5) is 11.7. The van der Waals surface area contributed by atoms with Gasteiger partial charge in [-0.25, -0.2) is 4.39 Å². The molecule has 0 N–H and O–H groups in total. The van der Waals surface area contributed by atoms with Crippen molar-refractivity contribution in [2.24, 2.45) is 0 Å². The van der Waals surface area contributed by atoms with Crippen molar-refractivity contribution in [3.05, 3.63) is 29.6 Å². The third kappa shape index (κ3) is 5.93. The van der Waals surface area contributed by atoms with Crippen LogP contribution in [0.2, 0.25) is 0 Å². The monoisotopic (exact) mass is 358 g/mol. The summed E-state index contributed by atoms with van der Waals surface area (Å²) >= 11 is 0. The maximum absolute atomic E-state index is 13.0. The quantitative estimate of drug-likeness (QED) is 0.319. The van der Waals surface area contributed by atoms with Gasteiger partial charge in [0.15, 0.2) is 0 Å². The standard InChI is InChI=1S/C13H15F4O5P/c1-3-20-23(19,21-4-2)8-12(18)22-11-6-5-9(14)7-10(11)13(15,16)17/h5-7H,3-4,8H2,1-2H3. The molecule has 0 aromatic heterocycles. The lowest BCUT2D eigenvalue weighted by molar-refractivity contribution is -0.141. The van der Waals surface area contributed by atoms with E-state index in [0.717, 1.165) is 0 Å². The van der Waals surface area contributed by atoms with E-state index in [1.54, 1.807) is 0 Å². The zero-order valence-corrected chi connectivity index (χ0v) is 13.2. The molecule has 1 aromatic carbocycles. The molecule has 0 heterocycles. The first-order chi connectivity index (χ1) is 10.6. The lowest BCUT2D eigenvalue weighted by Gasteiger charge is -2.17. The predicted molar refractivity (Wildman–Crippen MR) is 72.8 cm³/mol. The van der Waals surface area contributed by atoms with E-state index in [1.807, 2.05) is 0 Å². The van der Waals surface area contributed by atoms with Crippen molar-refractivity contribution in [1.29, 1.82) is 0 Å². The fraction of sp³-hybridized carbons (Fsp3) is 0.462. The Balaban J connectivity index is 2.95. The first-order valence-corrected chi connectivity index (χ1v) is 8.29. The van der Waals surface area contributed by atoms with Gasteiger partial charge in [0.1, 0.15) is 23.3 Å². The molecule has 0 amide bonds. The van der Waals surface area contributed by atoms with Crippen LogP contribution in [-0.4, -0.2) is 25.3 Å². The number of hydrogen-bond acceptors (Lipinski definition) is 5. The maximum Gasteiger partial charge on any atom is 0.420 e. The number of carbonyl (C=O) groups excluding carboxylic acids is 1. The van der Waals surface area contributed by atoms with Crippen molar-refractivity contribution >= 4 is 13.6 Å². The van der Waals surface area contributed by atoms with E-state index in [0.29, 0.717) is 12.1 Å². The lowest BCUT2D eigenvalue weighted by atomic mass is 10.2. The molecule has 23 heavy (non-hydrogen) atoms. The lowest BCUT2D eigenvalue weighted by Crippen LogP contribution is -2.18. The molecule has 0 radical (unpaired) electrons. The summed E-state index contributed by atoms with van der Waals surface area (Å²) in [5, 5.41) is 0. The van der Waals surface area contributed by atoms with Crippen LogP contribution in [0.15, 0.2) is 18.2 Å². The summed E-state index contributed by atoms with van der Waals surface area (Å²) in [7, 11) is -3.81. The minimum atomic E-state index is -4.92. The van der Waals surface area contributed by atoms with Gasteiger partial charge in [0.05, 0.1) is 13.2 Å². The number of benzene rings is 1. The van der Waals surface area contributed by atoms with E-state index in [4.69, 9.17) is 9.05 Å². The number of carbonyl (C=O) groups is 1. The SMILES string of the molecule is CCOP(=O)(CC(=O)Oc1ccc(F)cc1C(F)(F)F)OCC. The zero-order chi connectivity index (χ0) is 17.7. The molecule has 0 aliphatic rings. The highest BCUT2D eigenvalue weighted by Crippen LogP contribution is 2.48. The van der Waals surface area contributed by atoms with E-state index in [1.165, 1.54) is 13.8 Å². The summed E-state index contributed by atoms with van der Waals surface area (Å²) in [6, 6.07) is 1.58. The van der Waals surface area contributed by atoms with Crippen molar-refractivity contribution in [2.45, 2.75) is 20.0 Å². The van der Waals surface area contributed by atoms with E-state index < -0.39 is 43.0 Å². The number of rotatable bonds is 7. The Bertz CT molecular complexity index is 593. The highest BCUT2D eigenvalue weighted by atomic mass is 31.2. The first-order valence-electron chi connectivity index (χ1n) is 6.57. The molecule has 0 saturated carbocycles. The van der Waals surface area contributed by atoms with Crippen molar-refractivity contribution < 1.29 is 40.7 Å². The van der Waals surface area contributed by atoms with Gasteiger partial charge in [0, 0.05) is 0 Å². The van der Waals surface area contributed by atoms with Crippen LogP contribution in [0.3, 0.4) is 0 Å². The minimum Gasteiger partial charge on any atom is -0.425 e. The van der Waals surface area contributed by atoms with Crippen LogP contribution in [-0.2, 0) is 24.6 Å². The van der Waals surface area contributed by atoms with Crippen LogP contribution in [0.4, 0.5) is 17.6 Å². The van der Waals surface area contributed by atoms with Crippen LogP contribution in [0.1, 0.15) is 19.4 Å². The minimum absolute atomic E-state index is 0.0189. The second-order valence-electron chi connectivity index (χ2n) is 4.22. The third-order valence-corrected chi connectivity index (χ3v) is 4.39. The largest absolute Gasteiger partial charge is 0.425 e. The van der Waals surface area contributed by atoms with Crippen LogP contribution >= 0.6 is 7.60 Å². The molecule has 0 atom stereocenters. The van der Waals surface area contributed by atoms with Gasteiger partial charge < -0.3 is 13.8 Å². The van der Waals surface area contributed by atoms with Crippen LogP contribution in [0, 0.1) is 5.82 Å². The highest BCUT2D eigenvalue weighted by molar-refractivity contribution is 7.54. The number of esters is 1. The molecule has 5 nitrogen and oxygen atoms in total. The molecule has 0 spiro atoms. The molecule has 10 heteroatoms. The van der Waals surface area contributed by atoms with E-state index in [9.17, 15) is 26.9 Å². The Hall–Kier alpha value is -1.44. The molecule has 0 aliphatic carbocycles. The second kappa shape index (κ2) is 7.90. The van der Waals surface area contributed by atoms with Crippen molar-refractivity contribution in [3.63, 3.8) is 0 Å². The summed E-state index contributed by atoms with van der Waals surface area (Å²) in [5.41, 5.74) is -1.45. The number of alkyl halides is 3. The van der Waals surface area contributed by atoms with Gasteiger partial charge in [-0.1, -0.05) is 0 Å². The molecule has 1 aromatic rings. The Labute approximate surface area is 130 Å². The van der Waals surface area contributed by atoms with Gasteiger partial charge >= 0.3 is 19.7 Å². The van der Waals surface area contributed by atoms with Gasteiger partial charge in [-0.2, -0.15) is 13.2 Å². The fourth-order valence-corrected chi connectivity index (χ4v) is 3.07. The van der Waals surface area contributed by atoms with Crippen molar-refractivity contribution in [1.82, 2.24) is 0 Å². The topological polar surface area (TPSA) is 61.8 Å². The molecule has 1 rings (SSSR count). The Kier molecular flexibility index (Phi) is 6.73. The summed E-state index contributed by atoms with van der Waals surface area (Å²) < 4.78 is 77.7. The van der Waals surface area contributed by atoms with Gasteiger partial charge in [0.2, 0.25) is 0 Å². The van der Waals surface area contributed by atoms with Crippen molar-refractivity contribution in [3.8, 4) is 5.75 Å². The Morgan fingerprint density at radius 1 is 1.17 bits per heavy atom. The van der Waals surface area contributed by atoms with Crippen molar-refractivity contribution in [2.75, 3.05) is 19.4 Å². The van der Waals surface area contributed by atoms with Crippen LogP contribution in [0.5, 0.6) is 5.75 Å². The summed E-state index contributed by atoms with van der Waals surface area (Å²) in [6.07, 6.45) is -5.77. The molecule has 130 valence electrons. The molecule has 0 fully saturated rings. The number of halogens is 4. The molecular formula is C13H15F4O5P. The summed E-state index contributed by atoms with van der Waals surface area (Å²) in [5.74, 6) is -3.26. The molecule has 0 unspecified atom stereocenters. The molecule has 0 aliphatic heterocycles. The zero-order valence-electron chi connectivity index (χ0n) is 12.4. The van der Waals surface area contributed by atoms with Crippen LogP contribution in [0.25, 0.3) is 0 Å². The number of ether oxygens (including phenoxy) is 1. The average Bonchev–Trinajstić information content (AvgIpc) is 2.39. The third-order valence-electron chi connectivity index (χ3n) is 2.45. The van der Waals surface area contributed by atoms with E-state index >= 15 is 0 Å². The van der Waals surface area contributed by atoms with Gasteiger partial charge in [-0.15, -0.1) is 0 Å². The molecule has 0 saturated heterocycles. The fourth-order valence-electron chi connectivity index (χ4n) is 1.65. The van der Waals surface area contributed by atoms with Gasteiger partial charge in [-0.3, -0.25) is 9.36 Å². The molecule has 0 bridgehead atoms. The summed E-state index contributed by atoms with van der Waals surface area (Å²) in [6.45, 7) is 2.99. The second-order valence-corrected chi connectivity index (χ2v) is 6.27. The van der Waals surface area contributed by atoms with E-state index in [-0.39, 0.29) is 19.3 Å². The average molecular weight is 358 g/mol. The van der Waals surface area contributed by atoms with Gasteiger partial charge in [0.25, 0.3) is 0 Å². The maximum atomic E-state index is 13.0. The van der Waals surface area contributed by atoms with Crippen LogP contribution < -0.4 is 4.74 Å². The number of hydrogen-bond donors (Lipinski definition) is 0. The molecular weight excluding hydrogens is 343 g/mol.